The zero-order chi connectivity index (χ0) is 21.4. The van der Waals surface area contributed by atoms with Gasteiger partial charge in [0.05, 0.1) is 0 Å². The second-order valence-electron chi connectivity index (χ2n) is 13.0. The fourth-order valence-corrected chi connectivity index (χ4v) is 8.99. The summed E-state index contributed by atoms with van der Waals surface area (Å²) in [5.41, 5.74) is 1.99. The molecule has 0 aromatic rings. The van der Waals surface area contributed by atoms with Crippen molar-refractivity contribution in [3.05, 3.63) is 11.6 Å². The highest BCUT2D eigenvalue weighted by Gasteiger charge is 2.60. The Balaban J connectivity index is 1.56. The van der Waals surface area contributed by atoms with Crippen molar-refractivity contribution in [2.75, 3.05) is 0 Å². The van der Waals surface area contributed by atoms with Crippen molar-refractivity contribution in [3.8, 4) is 0 Å². The van der Waals surface area contributed by atoms with Gasteiger partial charge in [0.25, 0.3) is 0 Å². The summed E-state index contributed by atoms with van der Waals surface area (Å²) < 4.78 is 6.84. The first-order valence-electron chi connectivity index (χ1n) is 12.2. The first kappa shape index (κ1) is 21.8. The third-order valence-electron chi connectivity index (χ3n) is 10.3. The van der Waals surface area contributed by atoms with Crippen molar-refractivity contribution in [2.24, 2.45) is 34.5 Å². The SMILES string of the molecule is CC1CC(=O)[C@@]2(C)CCC3C(CC=C4C[C@@H](O[Si](C)(C)C(C)(C)C)CC[C@@]43C)C12. The molecular formula is C26H44O2Si. The summed E-state index contributed by atoms with van der Waals surface area (Å²) in [7, 11) is -1.72. The summed E-state index contributed by atoms with van der Waals surface area (Å²) in [6.45, 7) is 19.0. The summed E-state index contributed by atoms with van der Waals surface area (Å²) in [4.78, 5) is 12.8. The molecule has 0 aromatic heterocycles. The molecule has 0 spiro atoms. The van der Waals surface area contributed by atoms with E-state index in [9.17, 15) is 4.79 Å². The number of carbonyl (C=O) groups excluding carboxylic acids is 1. The van der Waals surface area contributed by atoms with E-state index in [0.717, 1.165) is 25.2 Å². The molecule has 4 aliphatic carbocycles. The minimum absolute atomic E-state index is 0.0368. The van der Waals surface area contributed by atoms with Crippen LogP contribution in [0.3, 0.4) is 0 Å². The van der Waals surface area contributed by atoms with E-state index in [1.807, 2.05) is 0 Å². The van der Waals surface area contributed by atoms with Gasteiger partial charge in [0.15, 0.2) is 8.32 Å². The topological polar surface area (TPSA) is 26.3 Å². The van der Waals surface area contributed by atoms with Crippen LogP contribution in [0.2, 0.25) is 18.1 Å². The maximum atomic E-state index is 12.8. The second-order valence-corrected chi connectivity index (χ2v) is 17.7. The highest BCUT2D eigenvalue weighted by atomic mass is 28.4. The van der Waals surface area contributed by atoms with E-state index in [1.165, 1.54) is 25.7 Å². The number of ketones is 1. The number of rotatable bonds is 2. The number of hydrogen-bond donors (Lipinski definition) is 0. The van der Waals surface area contributed by atoms with Crippen LogP contribution in [0.5, 0.6) is 0 Å². The van der Waals surface area contributed by atoms with Crippen LogP contribution in [-0.4, -0.2) is 20.2 Å². The van der Waals surface area contributed by atoms with Gasteiger partial charge in [0.2, 0.25) is 0 Å². The van der Waals surface area contributed by atoms with Crippen LogP contribution in [0.1, 0.15) is 86.5 Å². The van der Waals surface area contributed by atoms with Crippen molar-refractivity contribution in [1.29, 1.82) is 0 Å². The molecule has 0 aromatic carbocycles. The van der Waals surface area contributed by atoms with E-state index >= 15 is 0 Å². The van der Waals surface area contributed by atoms with Crippen LogP contribution in [0.4, 0.5) is 0 Å². The summed E-state index contributed by atoms with van der Waals surface area (Å²) in [5.74, 6) is 3.20. The van der Waals surface area contributed by atoms with Crippen molar-refractivity contribution < 1.29 is 9.22 Å². The zero-order valence-electron chi connectivity index (χ0n) is 20.2. The summed E-state index contributed by atoms with van der Waals surface area (Å²) >= 11 is 0. The Morgan fingerprint density at radius 1 is 1.07 bits per heavy atom. The number of fused-ring (bicyclic) bond motifs is 5. The molecule has 4 aliphatic rings. The van der Waals surface area contributed by atoms with Crippen LogP contribution in [0.25, 0.3) is 0 Å². The van der Waals surface area contributed by atoms with E-state index in [2.05, 4.69) is 60.7 Å². The Kier molecular flexibility index (Phi) is 5.11. The third-order valence-corrected chi connectivity index (χ3v) is 14.9. The normalized spacial score (nSPS) is 45.3. The minimum atomic E-state index is -1.72. The molecule has 29 heavy (non-hydrogen) atoms. The van der Waals surface area contributed by atoms with E-state index in [4.69, 9.17) is 4.43 Å². The van der Waals surface area contributed by atoms with E-state index in [0.29, 0.717) is 35.1 Å². The molecule has 0 heterocycles. The average molecular weight is 417 g/mol. The lowest BCUT2D eigenvalue weighted by Gasteiger charge is -2.58. The highest BCUT2D eigenvalue weighted by Crippen LogP contribution is 2.65. The molecule has 164 valence electrons. The van der Waals surface area contributed by atoms with E-state index < -0.39 is 8.32 Å². The molecule has 7 atom stereocenters. The molecule has 3 fully saturated rings. The Morgan fingerprint density at radius 2 is 1.72 bits per heavy atom. The van der Waals surface area contributed by atoms with Gasteiger partial charge >= 0.3 is 0 Å². The average Bonchev–Trinajstić information content (AvgIpc) is 2.83. The number of allylic oxidation sites excluding steroid dienone is 1. The monoisotopic (exact) mass is 416 g/mol. The Bertz CT molecular complexity index is 717. The van der Waals surface area contributed by atoms with Crippen LogP contribution in [0.15, 0.2) is 11.6 Å². The number of hydrogen-bond acceptors (Lipinski definition) is 2. The lowest BCUT2D eigenvalue weighted by atomic mass is 9.47. The van der Waals surface area contributed by atoms with Gasteiger partial charge in [0.1, 0.15) is 5.78 Å². The van der Waals surface area contributed by atoms with Gasteiger partial charge in [-0.25, -0.2) is 0 Å². The number of carbonyl (C=O) groups is 1. The molecule has 3 heteroatoms. The fraction of sp³-hybridized carbons (Fsp3) is 0.885. The molecule has 4 rings (SSSR count). The second kappa shape index (κ2) is 6.79. The van der Waals surface area contributed by atoms with Gasteiger partial charge in [-0.3, -0.25) is 4.79 Å². The predicted molar refractivity (Wildman–Crippen MR) is 123 cm³/mol. The van der Waals surface area contributed by atoms with Crippen molar-refractivity contribution >= 4 is 14.1 Å². The third kappa shape index (κ3) is 3.25. The molecule has 0 bridgehead atoms. The van der Waals surface area contributed by atoms with Gasteiger partial charge in [-0.2, -0.15) is 0 Å². The molecule has 0 aliphatic heterocycles. The lowest BCUT2D eigenvalue weighted by molar-refractivity contribution is -0.132. The maximum absolute atomic E-state index is 12.8. The van der Waals surface area contributed by atoms with Gasteiger partial charge in [-0.1, -0.05) is 53.2 Å². The van der Waals surface area contributed by atoms with Gasteiger partial charge in [-0.15, -0.1) is 0 Å². The molecule has 3 saturated carbocycles. The van der Waals surface area contributed by atoms with Crippen LogP contribution >= 0.6 is 0 Å². The Hall–Kier alpha value is -0.413. The van der Waals surface area contributed by atoms with Crippen LogP contribution in [-0.2, 0) is 9.22 Å². The zero-order valence-corrected chi connectivity index (χ0v) is 21.2. The first-order chi connectivity index (χ1) is 13.3. The molecule has 0 radical (unpaired) electrons. The minimum Gasteiger partial charge on any atom is -0.414 e. The Morgan fingerprint density at radius 3 is 2.38 bits per heavy atom. The number of Topliss-reactive ketones (excluding diaryl/α,β-unsaturated/α-hetero) is 1. The van der Waals surface area contributed by atoms with Crippen LogP contribution < -0.4 is 0 Å². The summed E-state index contributed by atoms with van der Waals surface area (Å²) in [6, 6.07) is 0. The first-order valence-corrected chi connectivity index (χ1v) is 15.1. The quantitative estimate of drug-likeness (QED) is 0.353. The maximum Gasteiger partial charge on any atom is 0.192 e. The van der Waals surface area contributed by atoms with Gasteiger partial charge in [-0.05, 0) is 85.7 Å². The molecular weight excluding hydrogens is 372 g/mol. The van der Waals surface area contributed by atoms with Crippen molar-refractivity contribution in [1.82, 2.24) is 0 Å². The largest absolute Gasteiger partial charge is 0.414 e. The molecule has 0 saturated heterocycles. The predicted octanol–water partition coefficient (Wildman–Crippen LogP) is 7.15. The summed E-state index contributed by atoms with van der Waals surface area (Å²) in [6.07, 6.45) is 11.0. The molecule has 2 nitrogen and oxygen atoms in total. The van der Waals surface area contributed by atoms with Crippen molar-refractivity contribution in [2.45, 2.75) is 111 Å². The standard InChI is InChI=1S/C26H44O2Si/c1-17-15-22(27)26(6)14-12-21-20(23(17)26)10-9-18-16-19(11-13-25(18,21)5)28-29(7,8)24(2,3)4/h9,17,19-21,23H,10-16H2,1-8H3/t17?,19-,20?,21?,23?,25-,26+/m0/s1. The van der Waals surface area contributed by atoms with Crippen molar-refractivity contribution in [3.63, 3.8) is 0 Å². The van der Waals surface area contributed by atoms with E-state index in [-0.39, 0.29) is 10.5 Å². The highest BCUT2D eigenvalue weighted by molar-refractivity contribution is 6.74. The smallest absolute Gasteiger partial charge is 0.192 e. The molecule has 4 unspecified atom stereocenters. The molecule has 0 amide bonds. The summed E-state index contributed by atoms with van der Waals surface area (Å²) in [5, 5.41) is 0.277. The van der Waals surface area contributed by atoms with Gasteiger partial charge in [0, 0.05) is 17.9 Å². The van der Waals surface area contributed by atoms with E-state index in [1.54, 1.807) is 5.57 Å². The fourth-order valence-electron chi connectivity index (χ4n) is 7.60. The Labute approximate surface area is 180 Å². The van der Waals surface area contributed by atoms with Gasteiger partial charge < -0.3 is 4.43 Å². The van der Waals surface area contributed by atoms with Crippen LogP contribution in [0, 0.1) is 34.5 Å². The molecule has 0 N–H and O–H groups in total. The lowest BCUT2D eigenvalue weighted by Crippen LogP contribution is -2.52.